The van der Waals surface area contributed by atoms with Crippen LogP contribution in [-0.4, -0.2) is 27.7 Å². The van der Waals surface area contributed by atoms with Crippen molar-refractivity contribution in [1.29, 1.82) is 0 Å². The number of fused-ring (bicyclic) bond motifs is 1. The Morgan fingerprint density at radius 3 is 2.16 bits per heavy atom. The number of benzene rings is 3. The Kier molecular flexibility index (Phi) is 6.48. The van der Waals surface area contributed by atoms with E-state index in [0.717, 1.165) is 23.1 Å². The summed E-state index contributed by atoms with van der Waals surface area (Å²) in [5.74, 6) is 0. The van der Waals surface area contributed by atoms with Crippen LogP contribution in [0.15, 0.2) is 88.7 Å². The van der Waals surface area contributed by atoms with E-state index in [9.17, 15) is 16.8 Å². The Bertz CT molecular complexity index is 1290. The van der Waals surface area contributed by atoms with Gasteiger partial charge in [0.25, 0.3) is 0 Å². The van der Waals surface area contributed by atoms with E-state index < -0.39 is 20.0 Å². The van der Waals surface area contributed by atoms with Gasteiger partial charge in [-0.05, 0) is 53.8 Å². The van der Waals surface area contributed by atoms with Crippen LogP contribution in [-0.2, 0) is 33.0 Å². The van der Waals surface area contributed by atoms with Crippen molar-refractivity contribution in [3.05, 3.63) is 95.6 Å². The predicted molar refractivity (Wildman–Crippen MR) is 124 cm³/mol. The van der Waals surface area contributed by atoms with Gasteiger partial charge in [0.15, 0.2) is 0 Å². The quantitative estimate of drug-likeness (QED) is 0.542. The number of rotatable bonds is 8. The van der Waals surface area contributed by atoms with E-state index in [-0.39, 0.29) is 22.4 Å². The summed E-state index contributed by atoms with van der Waals surface area (Å²) in [5.41, 5.74) is 3.03. The second-order valence-corrected chi connectivity index (χ2v) is 11.5. The van der Waals surface area contributed by atoms with Crippen LogP contribution < -0.4 is 4.72 Å². The van der Waals surface area contributed by atoms with Gasteiger partial charge in [0.1, 0.15) is 0 Å². The molecule has 0 radical (unpaired) electrons. The van der Waals surface area contributed by atoms with Gasteiger partial charge in [0, 0.05) is 19.1 Å². The zero-order valence-electron chi connectivity index (χ0n) is 17.8. The average molecular weight is 471 g/mol. The van der Waals surface area contributed by atoms with Crippen LogP contribution in [0, 0.1) is 0 Å². The maximum Gasteiger partial charge on any atom is 0.243 e. The lowest BCUT2D eigenvalue weighted by molar-refractivity contribution is 0.423. The van der Waals surface area contributed by atoms with Crippen molar-refractivity contribution >= 4 is 20.0 Å². The summed E-state index contributed by atoms with van der Waals surface area (Å²) in [6, 6.07) is 22.3. The van der Waals surface area contributed by atoms with Gasteiger partial charge in [0.05, 0.1) is 9.79 Å². The number of hydrogen-bond donors (Lipinski definition) is 1. The number of nitrogens with one attached hydrogen (secondary N) is 1. The Morgan fingerprint density at radius 2 is 1.47 bits per heavy atom. The van der Waals surface area contributed by atoms with Crippen molar-refractivity contribution < 1.29 is 16.8 Å². The van der Waals surface area contributed by atoms with Gasteiger partial charge in [-0.25, -0.2) is 21.6 Å². The van der Waals surface area contributed by atoms with Gasteiger partial charge in [-0.15, -0.1) is 0 Å². The van der Waals surface area contributed by atoms with Crippen LogP contribution in [0.3, 0.4) is 0 Å². The Balaban J connectivity index is 1.53. The third-order valence-corrected chi connectivity index (χ3v) is 9.18. The number of nitrogens with zero attached hydrogens (tertiary/aromatic N) is 1. The molecular weight excluding hydrogens is 444 g/mol. The second-order valence-electron chi connectivity index (χ2n) is 7.80. The minimum atomic E-state index is -3.78. The standard InChI is InChI=1S/C24H26N2O4S2/c1-2-26(18-19-8-4-3-5-9-19)32(29,30)22-15-13-21(14-16-22)31(27,28)25-24-17-12-20-10-6-7-11-23(20)24/h3-11,13-16,24-25H,2,12,17-18H2,1H3/t24-/m0/s1. The lowest BCUT2D eigenvalue weighted by atomic mass is 10.1. The molecule has 0 amide bonds. The predicted octanol–water partition coefficient (Wildman–Crippen LogP) is 3.86. The van der Waals surface area contributed by atoms with Gasteiger partial charge in [-0.2, -0.15) is 4.31 Å². The smallest absolute Gasteiger partial charge is 0.207 e. The highest BCUT2D eigenvalue weighted by molar-refractivity contribution is 7.89. The van der Waals surface area contributed by atoms with Gasteiger partial charge in [-0.3, -0.25) is 0 Å². The van der Waals surface area contributed by atoms with Crippen molar-refractivity contribution in [2.45, 2.75) is 42.1 Å². The zero-order valence-corrected chi connectivity index (χ0v) is 19.4. The molecule has 3 aromatic rings. The van der Waals surface area contributed by atoms with Crippen LogP contribution in [0.1, 0.15) is 36.1 Å². The molecule has 0 unspecified atom stereocenters. The lowest BCUT2D eigenvalue weighted by Crippen LogP contribution is -2.30. The van der Waals surface area contributed by atoms with E-state index in [1.807, 2.05) is 54.6 Å². The van der Waals surface area contributed by atoms with Crippen molar-refractivity contribution in [3.8, 4) is 0 Å². The first-order valence-electron chi connectivity index (χ1n) is 10.6. The summed E-state index contributed by atoms with van der Waals surface area (Å²) in [7, 11) is -7.54. The minimum absolute atomic E-state index is 0.0481. The van der Waals surface area contributed by atoms with Crippen molar-refractivity contribution in [2.24, 2.45) is 0 Å². The fraction of sp³-hybridized carbons (Fsp3) is 0.250. The van der Waals surface area contributed by atoms with Crippen LogP contribution in [0.4, 0.5) is 0 Å². The number of hydrogen-bond acceptors (Lipinski definition) is 4. The summed E-state index contributed by atoms with van der Waals surface area (Å²) >= 11 is 0. The monoisotopic (exact) mass is 470 g/mol. The highest BCUT2D eigenvalue weighted by atomic mass is 32.2. The molecule has 8 heteroatoms. The zero-order chi connectivity index (χ0) is 22.8. The third-order valence-electron chi connectivity index (χ3n) is 5.76. The fourth-order valence-corrected chi connectivity index (χ4v) is 6.72. The highest BCUT2D eigenvalue weighted by Gasteiger charge is 2.28. The van der Waals surface area contributed by atoms with E-state index in [2.05, 4.69) is 4.72 Å². The molecule has 1 aliphatic carbocycles. The molecule has 1 aliphatic rings. The summed E-state index contributed by atoms with van der Waals surface area (Å²) in [5, 5.41) is 0. The van der Waals surface area contributed by atoms with E-state index >= 15 is 0 Å². The maximum absolute atomic E-state index is 13.1. The Labute approximate surface area is 190 Å². The van der Waals surface area contributed by atoms with Crippen molar-refractivity contribution in [1.82, 2.24) is 9.03 Å². The highest BCUT2D eigenvalue weighted by Crippen LogP contribution is 2.32. The van der Waals surface area contributed by atoms with Gasteiger partial charge in [-0.1, -0.05) is 61.5 Å². The topological polar surface area (TPSA) is 83.6 Å². The van der Waals surface area contributed by atoms with E-state index in [0.29, 0.717) is 13.0 Å². The fourth-order valence-electron chi connectivity index (χ4n) is 4.03. The summed E-state index contributed by atoms with van der Waals surface area (Å²) < 4.78 is 56.2. The molecule has 1 N–H and O–H groups in total. The van der Waals surface area contributed by atoms with E-state index in [1.165, 1.54) is 28.6 Å². The molecule has 6 nitrogen and oxygen atoms in total. The minimum Gasteiger partial charge on any atom is -0.207 e. The van der Waals surface area contributed by atoms with Crippen molar-refractivity contribution in [3.63, 3.8) is 0 Å². The van der Waals surface area contributed by atoms with Gasteiger partial charge < -0.3 is 0 Å². The van der Waals surface area contributed by atoms with E-state index in [4.69, 9.17) is 0 Å². The Morgan fingerprint density at radius 1 is 0.844 bits per heavy atom. The summed E-state index contributed by atoms with van der Waals surface area (Å²) in [4.78, 5) is 0.118. The maximum atomic E-state index is 13.1. The first-order chi connectivity index (χ1) is 15.3. The van der Waals surface area contributed by atoms with Gasteiger partial charge in [0.2, 0.25) is 20.0 Å². The molecule has 0 saturated heterocycles. The average Bonchev–Trinajstić information content (AvgIpc) is 3.20. The molecule has 3 aromatic carbocycles. The van der Waals surface area contributed by atoms with E-state index in [1.54, 1.807) is 6.92 Å². The Hall–Kier alpha value is -2.52. The molecule has 0 aromatic heterocycles. The molecular formula is C24H26N2O4S2. The normalized spacial score (nSPS) is 16.2. The van der Waals surface area contributed by atoms with Crippen LogP contribution >= 0.6 is 0 Å². The SMILES string of the molecule is CCN(Cc1ccccc1)S(=O)(=O)c1ccc(S(=O)(=O)N[C@H]2CCc3ccccc32)cc1. The molecule has 0 aliphatic heterocycles. The lowest BCUT2D eigenvalue weighted by Gasteiger charge is -2.21. The van der Waals surface area contributed by atoms with Gasteiger partial charge >= 0.3 is 0 Å². The third kappa shape index (κ3) is 4.63. The van der Waals surface area contributed by atoms with Crippen molar-refractivity contribution in [2.75, 3.05) is 6.54 Å². The van der Waals surface area contributed by atoms with Crippen LogP contribution in [0.5, 0.6) is 0 Å². The molecule has 0 spiro atoms. The van der Waals surface area contributed by atoms with Crippen LogP contribution in [0.25, 0.3) is 0 Å². The molecule has 168 valence electrons. The molecule has 1 atom stereocenters. The first kappa shape index (κ1) is 22.7. The largest absolute Gasteiger partial charge is 0.243 e. The summed E-state index contributed by atoms with van der Waals surface area (Å²) in [6.07, 6.45) is 1.53. The molecule has 0 fully saturated rings. The number of aryl methyl sites for hydroxylation is 1. The number of sulfonamides is 2. The molecule has 0 heterocycles. The summed E-state index contributed by atoms with van der Waals surface area (Å²) in [6.45, 7) is 2.34. The van der Waals surface area contributed by atoms with Crippen LogP contribution in [0.2, 0.25) is 0 Å². The molecule has 4 rings (SSSR count). The molecule has 0 bridgehead atoms. The first-order valence-corrected chi connectivity index (χ1v) is 13.5. The molecule has 32 heavy (non-hydrogen) atoms. The molecule has 0 saturated carbocycles. The second kappa shape index (κ2) is 9.15.